The van der Waals surface area contributed by atoms with E-state index in [2.05, 4.69) is 21.2 Å². The first-order valence-corrected chi connectivity index (χ1v) is 6.50. The Morgan fingerprint density at radius 3 is 2.79 bits per heavy atom. The quantitative estimate of drug-likeness (QED) is 0.515. The van der Waals surface area contributed by atoms with Gasteiger partial charge in [0.25, 0.3) is 0 Å². The van der Waals surface area contributed by atoms with E-state index >= 15 is 0 Å². The summed E-state index contributed by atoms with van der Waals surface area (Å²) in [7, 11) is 0. The number of rotatable bonds is 4. The van der Waals surface area contributed by atoms with Gasteiger partial charge < -0.3 is 21.6 Å². The lowest BCUT2D eigenvalue weighted by molar-refractivity contribution is 0.474. The highest BCUT2D eigenvalue weighted by Gasteiger charge is 2.06. The Morgan fingerprint density at radius 2 is 2.11 bits per heavy atom. The minimum absolute atomic E-state index is 0.236. The SMILES string of the molecule is N=Cc1c(N)cc(Br)cc1NCc1cccc(O)c1. The second-order valence-electron chi connectivity index (χ2n) is 4.12. The van der Waals surface area contributed by atoms with E-state index in [0.717, 1.165) is 15.7 Å². The van der Waals surface area contributed by atoms with Crippen LogP contribution in [0.3, 0.4) is 0 Å². The first kappa shape index (κ1) is 13.4. The molecule has 0 aliphatic heterocycles. The maximum Gasteiger partial charge on any atom is 0.115 e. The van der Waals surface area contributed by atoms with Gasteiger partial charge in [0.2, 0.25) is 0 Å². The molecule has 0 aliphatic rings. The standard InChI is InChI=1S/C14H14BrN3O/c15-10-5-13(17)12(7-16)14(6-10)18-8-9-2-1-3-11(19)4-9/h1-7,16,18-19H,8,17H2. The Hall–Kier alpha value is -2.01. The number of phenols is 1. The topological polar surface area (TPSA) is 82.1 Å². The molecular weight excluding hydrogens is 306 g/mol. The molecular formula is C14H14BrN3O. The van der Waals surface area contributed by atoms with Crippen molar-refractivity contribution in [1.82, 2.24) is 0 Å². The molecule has 2 aromatic rings. The summed E-state index contributed by atoms with van der Waals surface area (Å²) in [4.78, 5) is 0. The lowest BCUT2D eigenvalue weighted by atomic mass is 10.1. The van der Waals surface area contributed by atoms with Gasteiger partial charge in [0, 0.05) is 34.2 Å². The molecule has 0 unspecified atom stereocenters. The molecule has 0 saturated carbocycles. The predicted molar refractivity (Wildman–Crippen MR) is 81.9 cm³/mol. The van der Waals surface area contributed by atoms with E-state index in [1.807, 2.05) is 12.1 Å². The summed E-state index contributed by atoms with van der Waals surface area (Å²) in [6.07, 6.45) is 1.23. The average molecular weight is 320 g/mol. The van der Waals surface area contributed by atoms with Gasteiger partial charge in [0.15, 0.2) is 0 Å². The fourth-order valence-corrected chi connectivity index (χ4v) is 2.29. The van der Waals surface area contributed by atoms with Crippen molar-refractivity contribution in [2.45, 2.75) is 6.54 Å². The Bertz CT molecular complexity index is 614. The van der Waals surface area contributed by atoms with E-state index in [1.54, 1.807) is 24.3 Å². The van der Waals surface area contributed by atoms with Crippen molar-refractivity contribution in [2.75, 3.05) is 11.1 Å². The molecule has 0 fully saturated rings. The van der Waals surface area contributed by atoms with Crippen LogP contribution in [0.5, 0.6) is 5.75 Å². The molecule has 5 heteroatoms. The molecule has 0 saturated heterocycles. The van der Waals surface area contributed by atoms with Crippen LogP contribution in [-0.2, 0) is 6.54 Å². The maximum absolute atomic E-state index is 9.41. The van der Waals surface area contributed by atoms with E-state index in [-0.39, 0.29) is 5.75 Å². The van der Waals surface area contributed by atoms with Gasteiger partial charge >= 0.3 is 0 Å². The van der Waals surface area contributed by atoms with Crippen LogP contribution >= 0.6 is 15.9 Å². The van der Waals surface area contributed by atoms with Crippen molar-refractivity contribution < 1.29 is 5.11 Å². The molecule has 2 aromatic carbocycles. The minimum atomic E-state index is 0.236. The third-order valence-corrected chi connectivity index (χ3v) is 3.17. The summed E-state index contributed by atoms with van der Waals surface area (Å²) in [6.45, 7) is 0.547. The van der Waals surface area contributed by atoms with E-state index in [1.165, 1.54) is 6.21 Å². The van der Waals surface area contributed by atoms with Crippen LogP contribution in [0.2, 0.25) is 0 Å². The number of anilines is 2. The van der Waals surface area contributed by atoms with E-state index in [4.69, 9.17) is 11.1 Å². The van der Waals surface area contributed by atoms with Crippen molar-refractivity contribution in [1.29, 1.82) is 5.41 Å². The summed E-state index contributed by atoms with van der Waals surface area (Å²) in [5.41, 5.74) is 8.80. The minimum Gasteiger partial charge on any atom is -0.508 e. The molecule has 4 nitrogen and oxygen atoms in total. The van der Waals surface area contributed by atoms with Crippen LogP contribution in [-0.4, -0.2) is 11.3 Å². The van der Waals surface area contributed by atoms with E-state index < -0.39 is 0 Å². The Labute approximate surface area is 119 Å². The van der Waals surface area contributed by atoms with Gasteiger partial charge in [0.1, 0.15) is 5.75 Å². The summed E-state index contributed by atoms with van der Waals surface area (Å²) in [6, 6.07) is 10.7. The van der Waals surface area contributed by atoms with Crippen LogP contribution in [0.15, 0.2) is 40.9 Å². The van der Waals surface area contributed by atoms with Crippen LogP contribution in [0.1, 0.15) is 11.1 Å². The van der Waals surface area contributed by atoms with E-state index in [0.29, 0.717) is 17.8 Å². The molecule has 0 amide bonds. The van der Waals surface area contributed by atoms with Gasteiger partial charge in [-0.1, -0.05) is 28.1 Å². The number of hydrogen-bond donors (Lipinski definition) is 4. The highest BCUT2D eigenvalue weighted by atomic mass is 79.9. The molecule has 0 heterocycles. The van der Waals surface area contributed by atoms with Crippen molar-refractivity contribution in [3.8, 4) is 5.75 Å². The Balaban J connectivity index is 2.22. The van der Waals surface area contributed by atoms with Gasteiger partial charge in [0.05, 0.1) is 0 Å². The fourth-order valence-electron chi connectivity index (χ4n) is 1.81. The molecule has 0 aliphatic carbocycles. The molecule has 0 aromatic heterocycles. The van der Waals surface area contributed by atoms with Gasteiger partial charge in [-0.3, -0.25) is 0 Å². The smallest absolute Gasteiger partial charge is 0.115 e. The Kier molecular flexibility index (Phi) is 4.06. The zero-order valence-corrected chi connectivity index (χ0v) is 11.7. The molecule has 0 atom stereocenters. The summed E-state index contributed by atoms with van der Waals surface area (Å²) >= 11 is 3.38. The van der Waals surface area contributed by atoms with Crippen molar-refractivity contribution in [3.63, 3.8) is 0 Å². The number of halogens is 1. The summed E-state index contributed by atoms with van der Waals surface area (Å²) < 4.78 is 0.856. The third kappa shape index (κ3) is 3.26. The van der Waals surface area contributed by atoms with Crippen LogP contribution in [0, 0.1) is 5.41 Å². The molecule has 19 heavy (non-hydrogen) atoms. The monoisotopic (exact) mass is 319 g/mol. The van der Waals surface area contributed by atoms with Crippen LogP contribution in [0.4, 0.5) is 11.4 Å². The number of phenolic OH excluding ortho intramolecular Hbond substituents is 1. The lowest BCUT2D eigenvalue weighted by Crippen LogP contribution is -2.04. The number of aromatic hydroxyl groups is 1. The first-order chi connectivity index (χ1) is 9.10. The number of nitrogen functional groups attached to an aromatic ring is 1. The normalized spacial score (nSPS) is 10.2. The van der Waals surface area contributed by atoms with Gasteiger partial charge in [-0.15, -0.1) is 0 Å². The third-order valence-electron chi connectivity index (χ3n) is 2.71. The zero-order chi connectivity index (χ0) is 13.8. The Morgan fingerprint density at radius 1 is 1.32 bits per heavy atom. The van der Waals surface area contributed by atoms with Gasteiger partial charge in [-0.2, -0.15) is 0 Å². The number of hydrogen-bond acceptors (Lipinski definition) is 4. The highest BCUT2D eigenvalue weighted by molar-refractivity contribution is 9.10. The predicted octanol–water partition coefficient (Wildman–Crippen LogP) is 3.35. The summed E-state index contributed by atoms with van der Waals surface area (Å²) in [5.74, 6) is 0.236. The number of nitrogens with two attached hydrogens (primary N) is 1. The molecule has 0 radical (unpaired) electrons. The highest BCUT2D eigenvalue weighted by Crippen LogP contribution is 2.26. The maximum atomic E-state index is 9.41. The second-order valence-corrected chi connectivity index (χ2v) is 5.04. The zero-order valence-electron chi connectivity index (χ0n) is 10.2. The number of nitrogens with one attached hydrogen (secondary N) is 2. The van der Waals surface area contributed by atoms with Crippen molar-refractivity contribution in [2.24, 2.45) is 0 Å². The van der Waals surface area contributed by atoms with Crippen molar-refractivity contribution >= 4 is 33.5 Å². The van der Waals surface area contributed by atoms with Crippen LogP contribution < -0.4 is 11.1 Å². The molecule has 0 bridgehead atoms. The molecule has 98 valence electrons. The molecule has 2 rings (SSSR count). The molecule has 0 spiro atoms. The van der Waals surface area contributed by atoms with Gasteiger partial charge in [-0.25, -0.2) is 0 Å². The van der Waals surface area contributed by atoms with Gasteiger partial charge in [-0.05, 0) is 29.8 Å². The van der Waals surface area contributed by atoms with E-state index in [9.17, 15) is 5.11 Å². The first-order valence-electron chi connectivity index (χ1n) is 5.71. The number of benzene rings is 2. The van der Waals surface area contributed by atoms with Crippen LogP contribution in [0.25, 0.3) is 0 Å². The second kappa shape index (κ2) is 5.75. The lowest BCUT2D eigenvalue weighted by Gasteiger charge is -2.12. The fraction of sp³-hybridized carbons (Fsp3) is 0.0714. The largest absolute Gasteiger partial charge is 0.508 e. The molecule has 5 N–H and O–H groups in total. The average Bonchev–Trinajstić information content (AvgIpc) is 2.36. The van der Waals surface area contributed by atoms with Crippen molar-refractivity contribution in [3.05, 3.63) is 52.0 Å². The summed E-state index contributed by atoms with van der Waals surface area (Å²) in [5, 5.41) is 20.0.